The standard InChI is InChI=1S/C26H28Cl2N2O4S2/c1-19-7-10-23(11-8-19)36(32,33)30(22-9-12-25(34-2)24(28)16-22)17-26(31)29-13-4-14-35-18-20-5-3-6-21(27)15-20/h3,5-12,15-16H,4,13-14,17-18H2,1-2H3,(H,29,31). The molecule has 0 aliphatic rings. The number of hydrogen-bond donors (Lipinski definition) is 1. The van der Waals surface area contributed by atoms with Crippen molar-refractivity contribution in [2.45, 2.75) is 24.0 Å². The first-order valence-corrected chi connectivity index (χ1v) is 14.6. The number of aryl methyl sites for hydroxylation is 1. The zero-order valence-electron chi connectivity index (χ0n) is 20.0. The maximum absolute atomic E-state index is 13.5. The first-order valence-electron chi connectivity index (χ1n) is 11.2. The highest BCUT2D eigenvalue weighted by Crippen LogP contribution is 2.32. The van der Waals surface area contributed by atoms with Crippen molar-refractivity contribution in [3.05, 3.63) is 87.9 Å². The maximum Gasteiger partial charge on any atom is 0.264 e. The van der Waals surface area contributed by atoms with Gasteiger partial charge in [-0.25, -0.2) is 8.42 Å². The van der Waals surface area contributed by atoms with E-state index in [-0.39, 0.29) is 22.2 Å². The summed E-state index contributed by atoms with van der Waals surface area (Å²) in [6.07, 6.45) is 0.746. The molecule has 0 radical (unpaired) electrons. The van der Waals surface area contributed by atoms with E-state index in [0.717, 1.165) is 33.4 Å². The molecule has 1 amide bonds. The van der Waals surface area contributed by atoms with Crippen LogP contribution in [0.5, 0.6) is 5.75 Å². The van der Waals surface area contributed by atoms with Gasteiger partial charge in [0.2, 0.25) is 5.91 Å². The van der Waals surface area contributed by atoms with Crippen molar-refractivity contribution in [1.82, 2.24) is 5.32 Å². The number of methoxy groups -OCH3 is 1. The number of rotatable bonds is 12. The van der Waals surface area contributed by atoms with E-state index >= 15 is 0 Å². The Hall–Kier alpha value is -2.39. The lowest BCUT2D eigenvalue weighted by Gasteiger charge is -2.24. The summed E-state index contributed by atoms with van der Waals surface area (Å²) >= 11 is 14.0. The van der Waals surface area contributed by atoms with Crippen molar-refractivity contribution in [3.63, 3.8) is 0 Å². The number of hydrogen-bond acceptors (Lipinski definition) is 5. The Morgan fingerprint density at radius 2 is 1.81 bits per heavy atom. The summed E-state index contributed by atoms with van der Waals surface area (Å²) in [6.45, 7) is 1.93. The number of benzene rings is 3. The van der Waals surface area contributed by atoms with E-state index in [4.69, 9.17) is 27.9 Å². The number of carbonyl (C=O) groups is 1. The molecule has 1 N–H and O–H groups in total. The molecule has 3 aromatic carbocycles. The van der Waals surface area contributed by atoms with Crippen LogP contribution in [-0.2, 0) is 20.6 Å². The van der Waals surface area contributed by atoms with Gasteiger partial charge >= 0.3 is 0 Å². The zero-order valence-corrected chi connectivity index (χ0v) is 23.2. The van der Waals surface area contributed by atoms with Gasteiger partial charge in [-0.3, -0.25) is 9.10 Å². The van der Waals surface area contributed by atoms with Crippen molar-refractivity contribution in [3.8, 4) is 5.75 Å². The molecule has 0 aliphatic heterocycles. The highest BCUT2D eigenvalue weighted by Gasteiger charge is 2.27. The van der Waals surface area contributed by atoms with Crippen LogP contribution >= 0.6 is 35.0 Å². The summed E-state index contributed by atoms with van der Waals surface area (Å²) in [4.78, 5) is 12.9. The molecule has 36 heavy (non-hydrogen) atoms. The van der Waals surface area contributed by atoms with Gasteiger partial charge < -0.3 is 10.1 Å². The van der Waals surface area contributed by atoms with E-state index in [2.05, 4.69) is 5.32 Å². The van der Waals surface area contributed by atoms with E-state index in [0.29, 0.717) is 17.3 Å². The number of nitrogens with zero attached hydrogens (tertiary/aromatic N) is 1. The molecule has 0 unspecified atom stereocenters. The Bertz CT molecular complexity index is 1290. The van der Waals surface area contributed by atoms with Gasteiger partial charge in [-0.2, -0.15) is 11.8 Å². The second kappa shape index (κ2) is 13.2. The van der Waals surface area contributed by atoms with E-state index in [9.17, 15) is 13.2 Å². The van der Waals surface area contributed by atoms with Gasteiger partial charge in [-0.15, -0.1) is 0 Å². The average molecular weight is 568 g/mol. The maximum atomic E-state index is 13.5. The molecule has 3 aromatic rings. The predicted molar refractivity (Wildman–Crippen MR) is 149 cm³/mol. The second-order valence-electron chi connectivity index (χ2n) is 8.03. The van der Waals surface area contributed by atoms with Gasteiger partial charge in [0.1, 0.15) is 12.3 Å². The molecule has 6 nitrogen and oxygen atoms in total. The monoisotopic (exact) mass is 566 g/mol. The Kier molecular flexibility index (Phi) is 10.4. The summed E-state index contributed by atoms with van der Waals surface area (Å²) in [7, 11) is -2.54. The number of halogens is 2. The van der Waals surface area contributed by atoms with Crippen LogP contribution < -0.4 is 14.4 Å². The van der Waals surface area contributed by atoms with Gasteiger partial charge in [0, 0.05) is 17.3 Å². The van der Waals surface area contributed by atoms with Crippen molar-refractivity contribution < 1.29 is 17.9 Å². The summed E-state index contributed by atoms with van der Waals surface area (Å²) in [6, 6.07) is 18.8. The quantitative estimate of drug-likeness (QED) is 0.274. The van der Waals surface area contributed by atoms with Gasteiger partial charge in [-0.1, -0.05) is 53.0 Å². The van der Waals surface area contributed by atoms with Crippen LogP contribution in [0.2, 0.25) is 10.0 Å². The lowest BCUT2D eigenvalue weighted by atomic mass is 10.2. The fourth-order valence-corrected chi connectivity index (χ4v) is 6.15. The number of nitrogens with one attached hydrogen (secondary N) is 1. The van der Waals surface area contributed by atoms with Crippen LogP contribution in [0.15, 0.2) is 71.6 Å². The average Bonchev–Trinajstić information content (AvgIpc) is 2.85. The first-order chi connectivity index (χ1) is 17.2. The lowest BCUT2D eigenvalue weighted by Crippen LogP contribution is -2.41. The molecule has 10 heteroatoms. The summed E-state index contributed by atoms with van der Waals surface area (Å²) in [5.74, 6) is 1.67. The first kappa shape index (κ1) is 28.2. The zero-order chi connectivity index (χ0) is 26.1. The minimum atomic E-state index is -4.02. The molecule has 0 aliphatic carbocycles. The Balaban J connectivity index is 1.64. The molecule has 0 bridgehead atoms. The molecule has 0 fully saturated rings. The van der Waals surface area contributed by atoms with Gasteiger partial charge in [0.15, 0.2) is 0 Å². The molecule has 192 valence electrons. The lowest BCUT2D eigenvalue weighted by molar-refractivity contribution is -0.119. The summed E-state index contributed by atoms with van der Waals surface area (Å²) in [5, 5.41) is 3.78. The third-order valence-corrected chi connectivity index (χ3v) is 8.70. The number of thioether (sulfide) groups is 1. The Labute approximate surface area is 227 Å². The molecule has 0 spiro atoms. The molecule has 0 saturated heterocycles. The van der Waals surface area contributed by atoms with Crippen molar-refractivity contribution in [2.75, 3.05) is 30.3 Å². The molecule has 0 atom stereocenters. The molecular weight excluding hydrogens is 539 g/mol. The molecule has 0 saturated carbocycles. The van der Waals surface area contributed by atoms with Crippen LogP contribution in [0.4, 0.5) is 5.69 Å². The van der Waals surface area contributed by atoms with Gasteiger partial charge in [0.05, 0.1) is 22.7 Å². The van der Waals surface area contributed by atoms with E-state index in [1.54, 1.807) is 36.0 Å². The normalized spacial score (nSPS) is 11.2. The van der Waals surface area contributed by atoms with Crippen LogP contribution in [0, 0.1) is 6.92 Å². The third kappa shape index (κ3) is 7.80. The van der Waals surface area contributed by atoms with Crippen LogP contribution in [0.1, 0.15) is 17.5 Å². The molecular formula is C26H28Cl2N2O4S2. The number of carbonyl (C=O) groups excluding carboxylic acids is 1. The summed E-state index contributed by atoms with van der Waals surface area (Å²) in [5.41, 5.74) is 2.35. The number of anilines is 1. The van der Waals surface area contributed by atoms with Crippen molar-refractivity contribution >= 4 is 56.6 Å². The van der Waals surface area contributed by atoms with E-state index < -0.39 is 15.9 Å². The van der Waals surface area contributed by atoms with Crippen molar-refractivity contribution in [2.24, 2.45) is 0 Å². The van der Waals surface area contributed by atoms with E-state index in [1.165, 1.54) is 25.3 Å². The fraction of sp³-hybridized carbons (Fsp3) is 0.269. The predicted octanol–water partition coefficient (Wildman–Crippen LogP) is 5.95. The highest BCUT2D eigenvalue weighted by atomic mass is 35.5. The van der Waals surface area contributed by atoms with E-state index in [1.807, 2.05) is 31.2 Å². The summed E-state index contributed by atoms with van der Waals surface area (Å²) < 4.78 is 33.2. The molecule has 3 rings (SSSR count). The molecule has 0 aromatic heterocycles. The van der Waals surface area contributed by atoms with Crippen LogP contribution in [-0.4, -0.2) is 40.3 Å². The van der Waals surface area contributed by atoms with Gasteiger partial charge in [-0.05, 0) is 67.1 Å². The SMILES string of the molecule is COc1ccc(N(CC(=O)NCCCSCc2cccc(Cl)c2)S(=O)(=O)c2ccc(C)cc2)cc1Cl. The van der Waals surface area contributed by atoms with Crippen LogP contribution in [0.25, 0.3) is 0 Å². The number of amides is 1. The van der Waals surface area contributed by atoms with Gasteiger partial charge in [0.25, 0.3) is 10.0 Å². The van der Waals surface area contributed by atoms with Crippen LogP contribution in [0.3, 0.4) is 0 Å². The number of sulfonamides is 1. The highest BCUT2D eigenvalue weighted by molar-refractivity contribution is 7.98. The minimum absolute atomic E-state index is 0.0882. The minimum Gasteiger partial charge on any atom is -0.495 e. The fourth-order valence-electron chi connectivity index (χ4n) is 3.37. The number of ether oxygens (including phenoxy) is 1. The third-order valence-electron chi connectivity index (χ3n) is 5.26. The largest absolute Gasteiger partial charge is 0.495 e. The van der Waals surface area contributed by atoms with Crippen molar-refractivity contribution in [1.29, 1.82) is 0 Å². The topological polar surface area (TPSA) is 75.7 Å². The Morgan fingerprint density at radius 3 is 2.47 bits per heavy atom. The Morgan fingerprint density at radius 1 is 1.06 bits per heavy atom. The smallest absolute Gasteiger partial charge is 0.264 e. The molecule has 0 heterocycles. The second-order valence-corrected chi connectivity index (χ2v) is 11.8.